The van der Waals surface area contributed by atoms with Crippen molar-refractivity contribution in [3.05, 3.63) is 53.4 Å². The number of urea groups is 1. The van der Waals surface area contributed by atoms with Crippen LogP contribution in [0, 0.1) is 0 Å². The SMILES string of the molecule is NCCCNCc1ccc(N2C=C3C=C(CCN4CCC[C@@H](N)C4)NC3NC2=O)cc1. The summed E-state index contributed by atoms with van der Waals surface area (Å²) < 4.78 is 0. The van der Waals surface area contributed by atoms with Gasteiger partial charge in [0, 0.05) is 43.1 Å². The average Bonchev–Trinajstić information content (AvgIpc) is 3.17. The quantitative estimate of drug-likeness (QED) is 0.380. The Labute approximate surface area is 184 Å². The van der Waals surface area contributed by atoms with Crippen molar-refractivity contribution < 1.29 is 4.79 Å². The predicted octanol–water partition coefficient (Wildman–Crippen LogP) is 1.16. The number of fused-ring (bicyclic) bond motifs is 1. The van der Waals surface area contributed by atoms with E-state index in [1.165, 1.54) is 12.0 Å². The van der Waals surface area contributed by atoms with Crippen molar-refractivity contribution in [2.24, 2.45) is 11.5 Å². The van der Waals surface area contributed by atoms with E-state index in [1.54, 1.807) is 4.90 Å². The molecule has 0 aliphatic carbocycles. The largest absolute Gasteiger partial charge is 0.365 e. The summed E-state index contributed by atoms with van der Waals surface area (Å²) in [7, 11) is 0. The fourth-order valence-corrected chi connectivity index (χ4v) is 4.37. The second kappa shape index (κ2) is 10.3. The van der Waals surface area contributed by atoms with Crippen LogP contribution in [0.25, 0.3) is 0 Å². The lowest BCUT2D eigenvalue weighted by molar-refractivity contribution is 0.210. The number of nitrogens with one attached hydrogen (secondary N) is 3. The van der Waals surface area contributed by atoms with Gasteiger partial charge in [0.15, 0.2) is 0 Å². The first-order valence-corrected chi connectivity index (χ1v) is 11.4. The fraction of sp³-hybridized carbons (Fsp3) is 0.522. The summed E-state index contributed by atoms with van der Waals surface area (Å²) in [6.07, 6.45) is 8.16. The van der Waals surface area contributed by atoms with Crippen molar-refractivity contribution in [3.63, 3.8) is 0 Å². The lowest BCUT2D eigenvalue weighted by Crippen LogP contribution is -2.51. The highest BCUT2D eigenvalue weighted by molar-refractivity contribution is 5.96. The summed E-state index contributed by atoms with van der Waals surface area (Å²) in [4.78, 5) is 16.8. The fourth-order valence-electron chi connectivity index (χ4n) is 4.37. The molecule has 3 aliphatic heterocycles. The maximum Gasteiger partial charge on any atom is 0.327 e. The number of hydrogen-bond donors (Lipinski definition) is 5. The van der Waals surface area contributed by atoms with Gasteiger partial charge >= 0.3 is 6.03 Å². The first kappa shape index (κ1) is 21.8. The third-order valence-electron chi connectivity index (χ3n) is 6.11. The second-order valence-electron chi connectivity index (χ2n) is 8.63. The first-order chi connectivity index (χ1) is 15.1. The lowest BCUT2D eigenvalue weighted by Gasteiger charge is -2.31. The minimum atomic E-state index is -0.145. The standard InChI is InChI=1S/C23H35N7O/c24-9-2-10-26-14-17-4-6-21(7-5-17)30-15-18-13-20(27-22(18)28-23(30)31)8-12-29-11-1-3-19(25)16-29/h4-7,13,15,19,22,26-27H,1-3,8-12,14,16,24-25H2,(H,28,31)/t19-,22?/m1/s1. The van der Waals surface area contributed by atoms with Crippen LogP contribution >= 0.6 is 0 Å². The van der Waals surface area contributed by atoms with Gasteiger partial charge in [0.1, 0.15) is 6.17 Å². The van der Waals surface area contributed by atoms with Gasteiger partial charge in [0.05, 0.1) is 5.69 Å². The van der Waals surface area contributed by atoms with Crippen LogP contribution in [0.2, 0.25) is 0 Å². The molecule has 4 rings (SSSR count). The minimum Gasteiger partial charge on any atom is -0.365 e. The van der Waals surface area contributed by atoms with Gasteiger partial charge in [0.25, 0.3) is 0 Å². The predicted molar refractivity (Wildman–Crippen MR) is 124 cm³/mol. The number of benzene rings is 1. The number of piperidine rings is 1. The molecule has 8 nitrogen and oxygen atoms in total. The van der Waals surface area contributed by atoms with E-state index in [1.807, 2.05) is 18.3 Å². The number of likely N-dealkylation sites (tertiary alicyclic amines) is 1. The zero-order chi connectivity index (χ0) is 21.6. The number of amides is 2. The van der Waals surface area contributed by atoms with Gasteiger partial charge in [-0.15, -0.1) is 0 Å². The van der Waals surface area contributed by atoms with Crippen LogP contribution in [0.15, 0.2) is 47.8 Å². The van der Waals surface area contributed by atoms with Crippen molar-refractivity contribution in [3.8, 4) is 0 Å². The highest BCUT2D eigenvalue weighted by Gasteiger charge is 2.30. The monoisotopic (exact) mass is 425 g/mol. The Bertz CT molecular complexity index is 820. The molecule has 7 N–H and O–H groups in total. The van der Waals surface area contributed by atoms with Crippen molar-refractivity contribution in [2.45, 2.75) is 44.4 Å². The summed E-state index contributed by atoms with van der Waals surface area (Å²) in [6.45, 7) is 5.49. The number of carbonyl (C=O) groups is 1. The van der Waals surface area contributed by atoms with E-state index in [9.17, 15) is 4.79 Å². The molecule has 0 bridgehead atoms. The van der Waals surface area contributed by atoms with Gasteiger partial charge in [-0.25, -0.2) is 4.79 Å². The van der Waals surface area contributed by atoms with Crippen LogP contribution in [-0.2, 0) is 6.54 Å². The number of hydrogen-bond acceptors (Lipinski definition) is 6. The van der Waals surface area contributed by atoms with Crippen LogP contribution in [0.1, 0.15) is 31.2 Å². The van der Waals surface area contributed by atoms with Crippen molar-refractivity contribution in [1.29, 1.82) is 0 Å². The molecule has 1 fully saturated rings. The normalized spacial score (nSPS) is 23.7. The van der Waals surface area contributed by atoms with Gasteiger partial charge < -0.3 is 32.3 Å². The Morgan fingerprint density at radius 3 is 2.81 bits per heavy atom. The summed E-state index contributed by atoms with van der Waals surface area (Å²) in [5, 5.41) is 9.88. The molecule has 8 heteroatoms. The van der Waals surface area contributed by atoms with Gasteiger partial charge in [-0.05, 0) is 69.1 Å². The number of anilines is 1. The maximum atomic E-state index is 12.7. The molecule has 0 spiro atoms. The molecular formula is C23H35N7O. The van der Waals surface area contributed by atoms with Crippen LogP contribution in [0.4, 0.5) is 10.5 Å². The lowest BCUT2D eigenvalue weighted by atomic mass is 10.1. The first-order valence-electron chi connectivity index (χ1n) is 11.4. The van der Waals surface area contributed by atoms with Crippen LogP contribution in [0.5, 0.6) is 0 Å². The Hall–Kier alpha value is -2.39. The van der Waals surface area contributed by atoms with Gasteiger partial charge in [-0.3, -0.25) is 4.90 Å². The maximum absolute atomic E-state index is 12.7. The summed E-state index contributed by atoms with van der Waals surface area (Å²) in [6, 6.07) is 8.27. The smallest absolute Gasteiger partial charge is 0.327 e. The third-order valence-corrected chi connectivity index (χ3v) is 6.11. The minimum absolute atomic E-state index is 0.119. The molecule has 2 atom stereocenters. The summed E-state index contributed by atoms with van der Waals surface area (Å²) in [5.74, 6) is 0. The topological polar surface area (TPSA) is 112 Å². The molecule has 1 saturated heterocycles. The van der Waals surface area contributed by atoms with E-state index >= 15 is 0 Å². The number of carbonyl (C=O) groups excluding carboxylic acids is 1. The van der Waals surface area contributed by atoms with Crippen molar-refractivity contribution in [1.82, 2.24) is 20.9 Å². The van der Waals surface area contributed by atoms with Crippen LogP contribution in [-0.4, -0.2) is 55.9 Å². The highest BCUT2D eigenvalue weighted by Crippen LogP contribution is 2.25. The molecule has 168 valence electrons. The molecule has 3 heterocycles. The van der Waals surface area contributed by atoms with Crippen molar-refractivity contribution in [2.75, 3.05) is 37.6 Å². The van der Waals surface area contributed by atoms with Crippen LogP contribution in [0.3, 0.4) is 0 Å². The van der Waals surface area contributed by atoms with E-state index in [0.717, 1.165) is 68.9 Å². The second-order valence-corrected chi connectivity index (χ2v) is 8.63. The molecule has 0 saturated carbocycles. The Kier molecular flexibility index (Phi) is 7.24. The van der Waals surface area contributed by atoms with Gasteiger partial charge in [-0.2, -0.15) is 0 Å². The molecule has 1 unspecified atom stereocenters. The highest BCUT2D eigenvalue weighted by atomic mass is 16.2. The van der Waals surface area contributed by atoms with E-state index in [0.29, 0.717) is 12.6 Å². The average molecular weight is 426 g/mol. The molecule has 1 aromatic rings. The van der Waals surface area contributed by atoms with Gasteiger partial charge in [-0.1, -0.05) is 12.1 Å². The zero-order valence-corrected chi connectivity index (χ0v) is 18.1. The molecule has 1 aromatic carbocycles. The third kappa shape index (κ3) is 5.65. The van der Waals surface area contributed by atoms with Crippen molar-refractivity contribution >= 4 is 11.7 Å². The number of nitrogens with two attached hydrogens (primary N) is 2. The number of rotatable bonds is 9. The molecular weight excluding hydrogens is 390 g/mol. The number of nitrogens with zero attached hydrogens (tertiary/aromatic N) is 2. The Morgan fingerprint density at radius 2 is 2.03 bits per heavy atom. The van der Waals surface area contributed by atoms with Gasteiger partial charge in [0.2, 0.25) is 0 Å². The molecule has 0 radical (unpaired) electrons. The van der Waals surface area contributed by atoms with E-state index in [4.69, 9.17) is 11.5 Å². The zero-order valence-electron chi connectivity index (χ0n) is 18.1. The molecule has 2 amide bonds. The van der Waals surface area contributed by atoms with E-state index in [-0.39, 0.29) is 12.2 Å². The molecule has 31 heavy (non-hydrogen) atoms. The van der Waals surface area contributed by atoms with E-state index in [2.05, 4.69) is 39.1 Å². The van der Waals surface area contributed by atoms with E-state index < -0.39 is 0 Å². The Morgan fingerprint density at radius 1 is 1.19 bits per heavy atom. The summed E-state index contributed by atoms with van der Waals surface area (Å²) >= 11 is 0. The molecule has 0 aromatic heterocycles. The molecule has 3 aliphatic rings. The summed E-state index contributed by atoms with van der Waals surface area (Å²) in [5.41, 5.74) is 15.9. The Balaban J connectivity index is 1.35. The van der Waals surface area contributed by atoms with Crippen LogP contribution < -0.4 is 32.3 Å².